The predicted octanol–water partition coefficient (Wildman–Crippen LogP) is 2.28. The molecule has 0 bridgehead atoms. The molecule has 0 fully saturated rings. The first-order valence-electron chi connectivity index (χ1n) is 6.47. The third-order valence-electron chi connectivity index (χ3n) is 2.45. The highest BCUT2D eigenvalue weighted by molar-refractivity contribution is 5.98. The zero-order valence-corrected chi connectivity index (χ0v) is 11.7. The van der Waals surface area contributed by atoms with Crippen LogP contribution in [0.4, 0.5) is 11.4 Å². The smallest absolute Gasteiger partial charge is 0.340 e. The average molecular weight is 266 g/mol. The van der Waals surface area contributed by atoms with Crippen LogP contribution in [0.5, 0.6) is 0 Å². The molecule has 0 radical (unpaired) electrons. The molecule has 0 saturated heterocycles. The molecular weight excluding hydrogens is 244 g/mol. The van der Waals surface area contributed by atoms with E-state index in [4.69, 9.17) is 15.2 Å². The Bertz CT molecular complexity index is 419. The normalized spacial score (nSPS) is 10.5. The van der Waals surface area contributed by atoms with E-state index in [1.807, 2.05) is 13.8 Å². The topological polar surface area (TPSA) is 73.6 Å². The summed E-state index contributed by atoms with van der Waals surface area (Å²) in [5.41, 5.74) is 7.46. The Kier molecular flexibility index (Phi) is 6.15. The van der Waals surface area contributed by atoms with Gasteiger partial charge in [0.05, 0.1) is 36.3 Å². The standard InChI is InChI=1S/C14H22N2O3/c1-4-18-14(17)11-6-5-7-12(15)13(11)16-8-9-19-10(2)3/h5-7,10,16H,4,8-9,15H2,1-3H3. The van der Waals surface area contributed by atoms with Gasteiger partial charge >= 0.3 is 5.97 Å². The van der Waals surface area contributed by atoms with Gasteiger partial charge in [-0.2, -0.15) is 0 Å². The molecule has 1 aromatic rings. The molecule has 1 rings (SSSR count). The quantitative estimate of drug-likeness (QED) is 0.450. The van der Waals surface area contributed by atoms with Crippen LogP contribution in [0, 0.1) is 0 Å². The van der Waals surface area contributed by atoms with E-state index < -0.39 is 0 Å². The number of esters is 1. The summed E-state index contributed by atoms with van der Waals surface area (Å²) in [6, 6.07) is 5.17. The Morgan fingerprint density at radius 3 is 2.79 bits per heavy atom. The van der Waals surface area contributed by atoms with Crippen LogP contribution < -0.4 is 11.1 Å². The first-order chi connectivity index (χ1) is 9.06. The minimum Gasteiger partial charge on any atom is -0.462 e. The van der Waals surface area contributed by atoms with Crippen molar-refractivity contribution in [2.45, 2.75) is 26.9 Å². The summed E-state index contributed by atoms with van der Waals surface area (Å²) in [7, 11) is 0. The lowest BCUT2D eigenvalue weighted by Gasteiger charge is -2.14. The van der Waals surface area contributed by atoms with E-state index in [0.29, 0.717) is 36.7 Å². The molecule has 0 saturated carbocycles. The van der Waals surface area contributed by atoms with Crippen molar-refractivity contribution in [1.82, 2.24) is 0 Å². The van der Waals surface area contributed by atoms with Gasteiger partial charge in [0.1, 0.15) is 0 Å². The largest absolute Gasteiger partial charge is 0.462 e. The Labute approximate surface area is 114 Å². The summed E-state index contributed by atoms with van der Waals surface area (Å²) >= 11 is 0. The van der Waals surface area contributed by atoms with Gasteiger partial charge in [0.25, 0.3) is 0 Å². The van der Waals surface area contributed by atoms with Crippen LogP contribution >= 0.6 is 0 Å². The maximum absolute atomic E-state index is 11.8. The Hall–Kier alpha value is -1.75. The average Bonchev–Trinajstić information content (AvgIpc) is 2.36. The number of rotatable bonds is 7. The zero-order valence-electron chi connectivity index (χ0n) is 11.7. The van der Waals surface area contributed by atoms with Crippen molar-refractivity contribution in [3.8, 4) is 0 Å². The molecule has 106 valence electrons. The SMILES string of the molecule is CCOC(=O)c1cccc(N)c1NCCOC(C)C. The first kappa shape index (κ1) is 15.3. The third kappa shape index (κ3) is 4.79. The Morgan fingerprint density at radius 1 is 1.42 bits per heavy atom. The monoisotopic (exact) mass is 266 g/mol. The summed E-state index contributed by atoms with van der Waals surface area (Å²) in [5.74, 6) is -0.373. The summed E-state index contributed by atoms with van der Waals surface area (Å²) in [6.45, 7) is 7.19. The van der Waals surface area contributed by atoms with Crippen LogP contribution in [-0.2, 0) is 9.47 Å². The molecule has 0 heterocycles. The van der Waals surface area contributed by atoms with Crippen LogP contribution in [0.15, 0.2) is 18.2 Å². The number of anilines is 2. The fraction of sp³-hybridized carbons (Fsp3) is 0.500. The van der Waals surface area contributed by atoms with Crippen LogP contribution in [0.2, 0.25) is 0 Å². The molecule has 0 aliphatic heterocycles. The Balaban J connectivity index is 2.72. The van der Waals surface area contributed by atoms with Crippen LogP contribution in [-0.4, -0.2) is 31.8 Å². The lowest BCUT2D eigenvalue weighted by Crippen LogP contribution is -2.17. The zero-order chi connectivity index (χ0) is 14.3. The Morgan fingerprint density at radius 2 is 2.16 bits per heavy atom. The number of carbonyl (C=O) groups excluding carboxylic acids is 1. The highest BCUT2D eigenvalue weighted by Gasteiger charge is 2.14. The summed E-state index contributed by atoms with van der Waals surface area (Å²) in [6.07, 6.45) is 0.180. The van der Waals surface area contributed by atoms with Crippen molar-refractivity contribution < 1.29 is 14.3 Å². The van der Waals surface area contributed by atoms with Crippen molar-refractivity contribution in [3.05, 3.63) is 23.8 Å². The van der Waals surface area contributed by atoms with Crippen molar-refractivity contribution in [2.75, 3.05) is 30.8 Å². The second-order valence-corrected chi connectivity index (χ2v) is 4.34. The van der Waals surface area contributed by atoms with Gasteiger partial charge in [-0.05, 0) is 32.9 Å². The molecule has 0 amide bonds. The molecule has 0 unspecified atom stereocenters. The number of hydrogen-bond donors (Lipinski definition) is 2. The second kappa shape index (κ2) is 7.63. The van der Waals surface area contributed by atoms with Gasteiger partial charge < -0.3 is 20.5 Å². The van der Waals surface area contributed by atoms with Crippen molar-refractivity contribution in [1.29, 1.82) is 0 Å². The number of hydrogen-bond acceptors (Lipinski definition) is 5. The van der Waals surface area contributed by atoms with E-state index in [2.05, 4.69) is 5.32 Å². The van der Waals surface area contributed by atoms with E-state index in [1.54, 1.807) is 25.1 Å². The minimum atomic E-state index is -0.373. The third-order valence-corrected chi connectivity index (χ3v) is 2.45. The molecule has 0 aliphatic rings. The lowest BCUT2D eigenvalue weighted by molar-refractivity contribution is 0.0527. The van der Waals surface area contributed by atoms with E-state index in [0.717, 1.165) is 0 Å². The number of benzene rings is 1. The number of ether oxygens (including phenoxy) is 2. The van der Waals surface area contributed by atoms with Gasteiger partial charge in [0.2, 0.25) is 0 Å². The summed E-state index contributed by atoms with van der Waals surface area (Å²) in [5, 5.41) is 3.13. The van der Waals surface area contributed by atoms with Gasteiger partial charge in [-0.1, -0.05) is 6.07 Å². The van der Waals surface area contributed by atoms with Gasteiger partial charge in [-0.3, -0.25) is 0 Å². The molecule has 0 aromatic heterocycles. The fourth-order valence-corrected chi connectivity index (χ4v) is 1.62. The number of para-hydroxylation sites is 1. The van der Waals surface area contributed by atoms with Gasteiger partial charge in [0.15, 0.2) is 0 Å². The van der Waals surface area contributed by atoms with Crippen molar-refractivity contribution in [3.63, 3.8) is 0 Å². The summed E-state index contributed by atoms with van der Waals surface area (Å²) in [4.78, 5) is 11.8. The van der Waals surface area contributed by atoms with Gasteiger partial charge in [-0.15, -0.1) is 0 Å². The molecule has 0 aliphatic carbocycles. The van der Waals surface area contributed by atoms with Crippen molar-refractivity contribution in [2.24, 2.45) is 0 Å². The second-order valence-electron chi connectivity index (χ2n) is 4.34. The van der Waals surface area contributed by atoms with Crippen LogP contribution in [0.25, 0.3) is 0 Å². The van der Waals surface area contributed by atoms with E-state index in [9.17, 15) is 4.79 Å². The van der Waals surface area contributed by atoms with E-state index in [1.165, 1.54) is 0 Å². The molecular formula is C14H22N2O3. The number of nitrogens with one attached hydrogen (secondary N) is 1. The first-order valence-corrected chi connectivity index (χ1v) is 6.47. The van der Waals surface area contributed by atoms with E-state index >= 15 is 0 Å². The van der Waals surface area contributed by atoms with Gasteiger partial charge in [-0.25, -0.2) is 4.79 Å². The fourth-order valence-electron chi connectivity index (χ4n) is 1.62. The number of carbonyl (C=O) groups is 1. The minimum absolute atomic E-state index is 0.180. The maximum Gasteiger partial charge on any atom is 0.340 e. The molecule has 19 heavy (non-hydrogen) atoms. The number of nitrogens with two attached hydrogens (primary N) is 1. The molecule has 5 heteroatoms. The van der Waals surface area contributed by atoms with Crippen LogP contribution in [0.3, 0.4) is 0 Å². The summed E-state index contributed by atoms with van der Waals surface area (Å²) < 4.78 is 10.4. The lowest BCUT2D eigenvalue weighted by atomic mass is 10.1. The molecule has 1 aromatic carbocycles. The predicted molar refractivity (Wildman–Crippen MR) is 76.4 cm³/mol. The van der Waals surface area contributed by atoms with E-state index in [-0.39, 0.29) is 12.1 Å². The van der Waals surface area contributed by atoms with Gasteiger partial charge in [0, 0.05) is 6.54 Å². The molecule has 0 spiro atoms. The number of nitrogen functional groups attached to an aromatic ring is 1. The van der Waals surface area contributed by atoms with Crippen LogP contribution in [0.1, 0.15) is 31.1 Å². The van der Waals surface area contributed by atoms with Crippen molar-refractivity contribution >= 4 is 17.3 Å². The molecule has 0 atom stereocenters. The molecule has 5 nitrogen and oxygen atoms in total. The highest BCUT2D eigenvalue weighted by atomic mass is 16.5. The highest BCUT2D eigenvalue weighted by Crippen LogP contribution is 2.24. The molecule has 3 N–H and O–H groups in total. The maximum atomic E-state index is 11.8.